The average molecular weight is 398 g/mol. The first kappa shape index (κ1) is 19.9. The predicted molar refractivity (Wildman–Crippen MR) is 96.1 cm³/mol. The molecule has 0 heterocycles. The number of hydrogen-bond acceptors (Lipinski definition) is 6. The maximum atomic E-state index is 12.4. The molecule has 0 saturated heterocycles. The number of ketones is 1. The monoisotopic (exact) mass is 397 g/mol. The summed E-state index contributed by atoms with van der Waals surface area (Å²) in [5.74, 6) is 0.113. The summed E-state index contributed by atoms with van der Waals surface area (Å²) in [5.41, 5.74) is 0.628. The first-order valence-corrected chi connectivity index (χ1v) is 9.36. The van der Waals surface area contributed by atoms with Crippen LogP contribution in [0, 0.1) is 17.0 Å². The van der Waals surface area contributed by atoms with Gasteiger partial charge in [0.25, 0.3) is 5.69 Å². The lowest BCUT2D eigenvalue weighted by Crippen LogP contribution is -2.10. The van der Waals surface area contributed by atoms with Crippen LogP contribution in [0.3, 0.4) is 0 Å². The highest BCUT2D eigenvalue weighted by atomic mass is 35.5. The standard InChI is InChI=1S/C17H16ClNO6S/c1-11(20)3-4-13-5-7-14(8-6-13)25-26(23,24)15-9-16(18)12(2)17(10-15)19(21)22/h5-10H,3-4H2,1-2H3. The van der Waals surface area contributed by atoms with Gasteiger partial charge in [-0.05, 0) is 44.0 Å². The van der Waals surface area contributed by atoms with Crippen molar-refractivity contribution in [3.8, 4) is 5.75 Å². The zero-order valence-electron chi connectivity index (χ0n) is 14.1. The average Bonchev–Trinajstić information content (AvgIpc) is 2.55. The fraction of sp³-hybridized carbons (Fsp3) is 0.235. The van der Waals surface area contributed by atoms with Crippen molar-refractivity contribution >= 4 is 33.2 Å². The molecule has 0 N–H and O–H groups in total. The zero-order valence-corrected chi connectivity index (χ0v) is 15.6. The zero-order chi connectivity index (χ0) is 19.5. The van der Waals surface area contributed by atoms with Gasteiger partial charge in [0.2, 0.25) is 0 Å². The fourth-order valence-electron chi connectivity index (χ4n) is 2.18. The summed E-state index contributed by atoms with van der Waals surface area (Å²) in [7, 11) is -4.29. The van der Waals surface area contributed by atoms with Crippen LogP contribution >= 0.6 is 11.6 Å². The molecule has 2 aromatic carbocycles. The van der Waals surface area contributed by atoms with E-state index in [0.29, 0.717) is 12.8 Å². The van der Waals surface area contributed by atoms with E-state index in [1.54, 1.807) is 12.1 Å². The molecule has 0 unspecified atom stereocenters. The Kier molecular flexibility index (Phi) is 5.99. The number of carbonyl (C=O) groups excluding carboxylic acids is 1. The Morgan fingerprint density at radius 2 is 1.85 bits per heavy atom. The second-order valence-corrected chi connectivity index (χ2v) is 7.64. The number of Topliss-reactive ketones (excluding diaryl/α,β-unsaturated/α-hetero) is 1. The van der Waals surface area contributed by atoms with Crippen molar-refractivity contribution < 1.29 is 22.3 Å². The van der Waals surface area contributed by atoms with Crippen molar-refractivity contribution in [2.24, 2.45) is 0 Å². The minimum Gasteiger partial charge on any atom is -0.379 e. The second kappa shape index (κ2) is 7.84. The van der Waals surface area contributed by atoms with Gasteiger partial charge in [0.05, 0.1) is 9.95 Å². The third kappa shape index (κ3) is 4.80. The molecule has 0 aromatic heterocycles. The van der Waals surface area contributed by atoms with Crippen LogP contribution in [0.25, 0.3) is 0 Å². The lowest BCUT2D eigenvalue weighted by molar-refractivity contribution is -0.385. The van der Waals surface area contributed by atoms with E-state index in [1.165, 1.54) is 26.0 Å². The van der Waals surface area contributed by atoms with Crippen LogP contribution in [-0.2, 0) is 21.3 Å². The molecule has 7 nitrogen and oxygen atoms in total. The highest BCUT2D eigenvalue weighted by Crippen LogP contribution is 2.30. The van der Waals surface area contributed by atoms with Gasteiger partial charge in [-0.1, -0.05) is 23.7 Å². The molecular formula is C17H16ClNO6S. The largest absolute Gasteiger partial charge is 0.379 e. The van der Waals surface area contributed by atoms with Crippen molar-refractivity contribution in [1.82, 2.24) is 0 Å². The molecular weight excluding hydrogens is 382 g/mol. The van der Waals surface area contributed by atoms with Crippen molar-refractivity contribution in [1.29, 1.82) is 0 Å². The molecule has 0 spiro atoms. The Morgan fingerprint density at radius 1 is 1.23 bits per heavy atom. The summed E-state index contributed by atoms with van der Waals surface area (Å²) in [6.45, 7) is 2.92. The van der Waals surface area contributed by atoms with Crippen LogP contribution in [0.4, 0.5) is 5.69 Å². The molecule has 0 atom stereocenters. The highest BCUT2D eigenvalue weighted by Gasteiger charge is 2.24. The number of benzene rings is 2. The van der Waals surface area contributed by atoms with Crippen LogP contribution in [0.5, 0.6) is 5.75 Å². The van der Waals surface area contributed by atoms with E-state index in [2.05, 4.69) is 0 Å². The smallest absolute Gasteiger partial charge is 0.339 e. The Morgan fingerprint density at radius 3 is 2.38 bits per heavy atom. The van der Waals surface area contributed by atoms with Gasteiger partial charge in [0.1, 0.15) is 16.4 Å². The Hall–Kier alpha value is -2.45. The van der Waals surface area contributed by atoms with Crippen LogP contribution < -0.4 is 4.18 Å². The first-order chi connectivity index (χ1) is 12.1. The fourth-order valence-corrected chi connectivity index (χ4v) is 3.44. The molecule has 138 valence electrons. The Balaban J connectivity index is 2.26. The number of rotatable bonds is 7. The molecule has 26 heavy (non-hydrogen) atoms. The van der Waals surface area contributed by atoms with Gasteiger partial charge in [-0.15, -0.1) is 0 Å². The van der Waals surface area contributed by atoms with Gasteiger partial charge in [-0.3, -0.25) is 10.1 Å². The van der Waals surface area contributed by atoms with E-state index in [4.69, 9.17) is 15.8 Å². The molecule has 0 saturated carbocycles. The number of nitro groups is 1. The van der Waals surface area contributed by atoms with Gasteiger partial charge < -0.3 is 8.98 Å². The topological polar surface area (TPSA) is 104 Å². The molecule has 0 aliphatic rings. The normalized spacial score (nSPS) is 11.2. The summed E-state index contributed by atoms with van der Waals surface area (Å²) in [6.07, 6.45) is 0.937. The summed E-state index contributed by atoms with van der Waals surface area (Å²) < 4.78 is 29.8. The predicted octanol–water partition coefficient (Wildman–Crippen LogP) is 3.85. The highest BCUT2D eigenvalue weighted by molar-refractivity contribution is 7.87. The summed E-state index contributed by atoms with van der Waals surface area (Å²) in [4.78, 5) is 20.9. The molecule has 0 bridgehead atoms. The second-order valence-electron chi connectivity index (χ2n) is 5.69. The Labute approximate surface area is 155 Å². The molecule has 0 amide bonds. The number of nitro benzene ring substituents is 1. The maximum Gasteiger partial charge on any atom is 0.339 e. The van der Waals surface area contributed by atoms with Gasteiger partial charge in [-0.25, -0.2) is 0 Å². The number of hydrogen-bond donors (Lipinski definition) is 0. The van der Waals surface area contributed by atoms with Gasteiger partial charge >= 0.3 is 10.1 Å². The van der Waals surface area contributed by atoms with E-state index in [9.17, 15) is 23.3 Å². The van der Waals surface area contributed by atoms with E-state index in [1.807, 2.05) is 0 Å². The number of aryl methyl sites for hydroxylation is 1. The quantitative estimate of drug-likeness (QED) is 0.399. The van der Waals surface area contributed by atoms with E-state index in [-0.39, 0.29) is 22.1 Å². The first-order valence-electron chi connectivity index (χ1n) is 7.57. The van der Waals surface area contributed by atoms with Crippen molar-refractivity contribution in [2.75, 3.05) is 0 Å². The van der Waals surface area contributed by atoms with Crippen LogP contribution in [0.15, 0.2) is 41.3 Å². The molecule has 0 aliphatic carbocycles. The molecule has 9 heteroatoms. The van der Waals surface area contributed by atoms with Gasteiger partial charge in [0.15, 0.2) is 0 Å². The van der Waals surface area contributed by atoms with Crippen molar-refractivity contribution in [2.45, 2.75) is 31.6 Å². The van der Waals surface area contributed by atoms with E-state index in [0.717, 1.165) is 17.7 Å². The molecule has 0 fully saturated rings. The summed E-state index contributed by atoms with van der Waals surface area (Å²) >= 11 is 5.90. The molecule has 0 radical (unpaired) electrons. The minimum absolute atomic E-state index is 0.0408. The lowest BCUT2D eigenvalue weighted by Gasteiger charge is -2.09. The Bertz CT molecular complexity index is 954. The lowest BCUT2D eigenvalue weighted by atomic mass is 10.1. The van der Waals surface area contributed by atoms with Crippen LogP contribution in [0.2, 0.25) is 5.02 Å². The number of halogens is 1. The SMILES string of the molecule is CC(=O)CCc1ccc(OS(=O)(=O)c2cc(Cl)c(C)c([N+](=O)[O-])c2)cc1. The summed E-state index contributed by atoms with van der Waals surface area (Å²) in [6, 6.07) is 8.24. The van der Waals surface area contributed by atoms with E-state index < -0.39 is 25.6 Å². The summed E-state index contributed by atoms with van der Waals surface area (Å²) in [5, 5.41) is 11.0. The number of nitrogens with zero attached hydrogens (tertiary/aromatic N) is 1. The number of carbonyl (C=O) groups is 1. The third-order valence-corrected chi connectivity index (χ3v) is 5.29. The van der Waals surface area contributed by atoms with Crippen molar-refractivity contribution in [3.05, 3.63) is 62.7 Å². The van der Waals surface area contributed by atoms with Crippen LogP contribution in [-0.4, -0.2) is 19.1 Å². The maximum absolute atomic E-state index is 12.4. The van der Waals surface area contributed by atoms with Crippen molar-refractivity contribution in [3.63, 3.8) is 0 Å². The molecule has 0 aliphatic heterocycles. The van der Waals surface area contributed by atoms with E-state index >= 15 is 0 Å². The van der Waals surface area contributed by atoms with Gasteiger partial charge in [-0.2, -0.15) is 8.42 Å². The van der Waals surface area contributed by atoms with Crippen LogP contribution in [0.1, 0.15) is 24.5 Å². The minimum atomic E-state index is -4.29. The van der Waals surface area contributed by atoms with Gasteiger partial charge in [0, 0.05) is 18.1 Å². The molecule has 2 rings (SSSR count). The molecule has 2 aromatic rings. The third-order valence-electron chi connectivity index (χ3n) is 3.67.